The lowest BCUT2D eigenvalue weighted by atomic mass is 10.1. The first-order chi connectivity index (χ1) is 11.5. The minimum atomic E-state index is -0.832. The topological polar surface area (TPSA) is 70.4 Å². The molecule has 1 aromatic rings. The van der Waals surface area contributed by atoms with Gasteiger partial charge in [0.25, 0.3) is 5.91 Å². The highest BCUT2D eigenvalue weighted by molar-refractivity contribution is 8.00. The van der Waals surface area contributed by atoms with Gasteiger partial charge < -0.3 is 9.64 Å². The van der Waals surface area contributed by atoms with Gasteiger partial charge in [0.05, 0.1) is 18.2 Å². The SMILES string of the molecule is C[C@@H](OC(=O)CSc1ccc2c(c1)CCC2)C(=O)N(C)CCC#N. The molecule has 6 heteroatoms. The van der Waals surface area contributed by atoms with Crippen LogP contribution >= 0.6 is 11.8 Å². The molecular weight excluding hydrogens is 324 g/mol. The number of esters is 1. The second-order valence-electron chi connectivity index (χ2n) is 5.87. The molecule has 0 N–H and O–H groups in total. The number of hydrogen-bond acceptors (Lipinski definition) is 5. The van der Waals surface area contributed by atoms with E-state index < -0.39 is 12.1 Å². The van der Waals surface area contributed by atoms with Gasteiger partial charge in [0.1, 0.15) is 0 Å². The number of ether oxygens (including phenoxy) is 1. The van der Waals surface area contributed by atoms with Crippen LogP contribution in [0.4, 0.5) is 0 Å². The van der Waals surface area contributed by atoms with Gasteiger partial charge in [-0.25, -0.2) is 0 Å². The van der Waals surface area contributed by atoms with Gasteiger partial charge >= 0.3 is 5.97 Å². The molecule has 24 heavy (non-hydrogen) atoms. The number of likely N-dealkylation sites (N-methyl/N-ethyl adjacent to an activating group) is 1. The Bertz CT molecular complexity index is 654. The van der Waals surface area contributed by atoms with Crippen molar-refractivity contribution in [2.45, 2.75) is 43.6 Å². The maximum atomic E-state index is 12.0. The summed E-state index contributed by atoms with van der Waals surface area (Å²) in [5.41, 5.74) is 2.78. The van der Waals surface area contributed by atoms with E-state index in [0.29, 0.717) is 6.54 Å². The molecule has 0 unspecified atom stereocenters. The number of nitrogens with zero attached hydrogens (tertiary/aromatic N) is 2. The van der Waals surface area contributed by atoms with Crippen LogP contribution < -0.4 is 0 Å². The van der Waals surface area contributed by atoms with Crippen LogP contribution in [0.3, 0.4) is 0 Å². The molecule has 0 spiro atoms. The molecule has 0 fully saturated rings. The predicted octanol–water partition coefficient (Wildman–Crippen LogP) is 2.57. The molecule has 0 bridgehead atoms. The van der Waals surface area contributed by atoms with E-state index in [-0.39, 0.29) is 18.1 Å². The lowest BCUT2D eigenvalue weighted by Gasteiger charge is -2.20. The lowest BCUT2D eigenvalue weighted by Crippen LogP contribution is -2.38. The molecule has 5 nitrogen and oxygen atoms in total. The fraction of sp³-hybridized carbons (Fsp3) is 0.500. The first-order valence-electron chi connectivity index (χ1n) is 8.07. The van der Waals surface area contributed by atoms with Crippen molar-refractivity contribution in [1.82, 2.24) is 4.90 Å². The summed E-state index contributed by atoms with van der Waals surface area (Å²) in [6.45, 7) is 1.89. The van der Waals surface area contributed by atoms with Crippen LogP contribution in [-0.2, 0) is 27.2 Å². The van der Waals surface area contributed by atoms with Crippen LogP contribution in [-0.4, -0.2) is 42.2 Å². The average molecular weight is 346 g/mol. The first kappa shape index (κ1) is 18.3. The van der Waals surface area contributed by atoms with Crippen molar-refractivity contribution < 1.29 is 14.3 Å². The van der Waals surface area contributed by atoms with E-state index in [0.717, 1.165) is 17.7 Å². The van der Waals surface area contributed by atoms with Gasteiger partial charge in [-0.15, -0.1) is 11.8 Å². The highest BCUT2D eigenvalue weighted by atomic mass is 32.2. The average Bonchev–Trinajstić information content (AvgIpc) is 3.04. The highest BCUT2D eigenvalue weighted by Gasteiger charge is 2.21. The van der Waals surface area contributed by atoms with Crippen molar-refractivity contribution in [1.29, 1.82) is 5.26 Å². The van der Waals surface area contributed by atoms with E-state index in [9.17, 15) is 9.59 Å². The van der Waals surface area contributed by atoms with E-state index in [1.807, 2.05) is 12.1 Å². The van der Waals surface area contributed by atoms with Crippen LogP contribution in [0.2, 0.25) is 0 Å². The molecule has 0 heterocycles. The molecule has 0 saturated heterocycles. The molecular formula is C18H22N2O3S. The maximum Gasteiger partial charge on any atom is 0.317 e. The summed E-state index contributed by atoms with van der Waals surface area (Å²) >= 11 is 1.43. The minimum Gasteiger partial charge on any atom is -0.452 e. The number of aryl methyl sites for hydroxylation is 2. The van der Waals surface area contributed by atoms with E-state index in [2.05, 4.69) is 12.1 Å². The minimum absolute atomic E-state index is 0.179. The van der Waals surface area contributed by atoms with Gasteiger partial charge in [0.15, 0.2) is 6.10 Å². The first-order valence-corrected chi connectivity index (χ1v) is 9.06. The molecule has 1 amide bonds. The van der Waals surface area contributed by atoms with E-state index in [1.54, 1.807) is 14.0 Å². The molecule has 0 aliphatic heterocycles. The Hall–Kier alpha value is -2.00. The Labute approximate surface area is 147 Å². The Morgan fingerprint density at radius 3 is 2.88 bits per heavy atom. The van der Waals surface area contributed by atoms with Crippen LogP contribution in [0.15, 0.2) is 23.1 Å². The number of carbonyl (C=O) groups excluding carboxylic acids is 2. The van der Waals surface area contributed by atoms with Crippen LogP contribution in [0.5, 0.6) is 0 Å². The number of benzene rings is 1. The van der Waals surface area contributed by atoms with E-state index in [4.69, 9.17) is 10.00 Å². The fourth-order valence-electron chi connectivity index (χ4n) is 2.70. The lowest BCUT2D eigenvalue weighted by molar-refractivity contribution is -0.156. The normalized spacial score (nSPS) is 13.7. The highest BCUT2D eigenvalue weighted by Crippen LogP contribution is 2.27. The van der Waals surface area contributed by atoms with Gasteiger partial charge in [-0.2, -0.15) is 5.26 Å². The third-order valence-electron chi connectivity index (χ3n) is 4.02. The smallest absolute Gasteiger partial charge is 0.317 e. The molecule has 0 radical (unpaired) electrons. The van der Waals surface area contributed by atoms with Crippen molar-refractivity contribution in [2.24, 2.45) is 0 Å². The summed E-state index contributed by atoms with van der Waals surface area (Å²) in [5.74, 6) is -0.519. The fourth-order valence-corrected chi connectivity index (χ4v) is 3.44. The quantitative estimate of drug-likeness (QED) is 0.560. The summed E-state index contributed by atoms with van der Waals surface area (Å²) in [6.07, 6.45) is 2.87. The number of rotatable bonds is 7. The van der Waals surface area contributed by atoms with Gasteiger partial charge in [-0.1, -0.05) is 6.07 Å². The number of amides is 1. The monoisotopic (exact) mass is 346 g/mol. The maximum absolute atomic E-state index is 12.0. The Morgan fingerprint density at radius 2 is 2.12 bits per heavy atom. The third-order valence-corrected chi connectivity index (χ3v) is 4.99. The summed E-state index contributed by atoms with van der Waals surface area (Å²) in [5, 5.41) is 8.54. The zero-order valence-electron chi connectivity index (χ0n) is 14.1. The summed E-state index contributed by atoms with van der Waals surface area (Å²) in [6, 6.07) is 8.29. The molecule has 0 saturated carbocycles. The molecule has 1 aromatic carbocycles. The molecule has 128 valence electrons. The number of nitriles is 1. The predicted molar refractivity (Wildman–Crippen MR) is 92.6 cm³/mol. The molecule has 2 rings (SSSR count). The van der Waals surface area contributed by atoms with Crippen molar-refractivity contribution in [3.63, 3.8) is 0 Å². The molecule has 1 aliphatic rings. The van der Waals surface area contributed by atoms with E-state index >= 15 is 0 Å². The van der Waals surface area contributed by atoms with Crippen LogP contribution in [0, 0.1) is 11.3 Å². The van der Waals surface area contributed by atoms with Gasteiger partial charge in [0, 0.05) is 18.5 Å². The Balaban J connectivity index is 1.78. The Morgan fingerprint density at radius 1 is 1.38 bits per heavy atom. The molecule has 1 aliphatic carbocycles. The van der Waals surface area contributed by atoms with Gasteiger partial charge in [-0.3, -0.25) is 9.59 Å². The second kappa shape index (κ2) is 8.74. The van der Waals surface area contributed by atoms with Crippen LogP contribution in [0.25, 0.3) is 0 Å². The molecule has 0 aromatic heterocycles. The van der Waals surface area contributed by atoms with Gasteiger partial charge in [0.2, 0.25) is 0 Å². The zero-order valence-corrected chi connectivity index (χ0v) is 14.9. The van der Waals surface area contributed by atoms with Crippen molar-refractivity contribution in [2.75, 3.05) is 19.3 Å². The van der Waals surface area contributed by atoms with E-state index in [1.165, 1.54) is 34.2 Å². The third kappa shape index (κ3) is 5.00. The molecule has 1 atom stereocenters. The Kier molecular flexibility index (Phi) is 6.68. The zero-order chi connectivity index (χ0) is 17.5. The van der Waals surface area contributed by atoms with Crippen molar-refractivity contribution >= 4 is 23.6 Å². The summed E-state index contributed by atoms with van der Waals surface area (Å²) < 4.78 is 5.19. The van der Waals surface area contributed by atoms with Crippen LogP contribution in [0.1, 0.15) is 30.9 Å². The number of fused-ring (bicyclic) bond motifs is 1. The van der Waals surface area contributed by atoms with Gasteiger partial charge in [-0.05, 0) is 49.4 Å². The number of thioether (sulfide) groups is 1. The van der Waals surface area contributed by atoms with Crippen molar-refractivity contribution in [3.8, 4) is 6.07 Å². The number of carbonyl (C=O) groups is 2. The summed E-state index contributed by atoms with van der Waals surface area (Å²) in [7, 11) is 1.60. The standard InChI is InChI=1S/C18H22N2O3S/c1-13(18(22)20(2)10-4-9-19)23-17(21)12-24-16-8-7-14-5-3-6-15(14)11-16/h7-8,11,13H,3-6,10,12H2,1-2H3/t13-/m1/s1. The largest absolute Gasteiger partial charge is 0.452 e. The number of hydrogen-bond donors (Lipinski definition) is 0. The summed E-state index contributed by atoms with van der Waals surface area (Å²) in [4.78, 5) is 26.4. The second-order valence-corrected chi connectivity index (χ2v) is 6.92. The van der Waals surface area contributed by atoms with Crippen molar-refractivity contribution in [3.05, 3.63) is 29.3 Å².